The van der Waals surface area contributed by atoms with E-state index >= 15 is 0 Å². The number of benzene rings is 1. The number of hydrogen-bond donors (Lipinski definition) is 1. The van der Waals surface area contributed by atoms with Crippen LogP contribution in [0.4, 0.5) is 0 Å². The van der Waals surface area contributed by atoms with E-state index in [4.69, 9.17) is 5.84 Å². The molecule has 0 amide bonds. The lowest BCUT2D eigenvalue weighted by molar-refractivity contribution is 0.850. The summed E-state index contributed by atoms with van der Waals surface area (Å²) in [7, 11) is 0. The molecule has 8 heteroatoms. The van der Waals surface area contributed by atoms with E-state index < -0.39 is 0 Å². The van der Waals surface area contributed by atoms with Crippen LogP contribution < -0.4 is 5.84 Å². The van der Waals surface area contributed by atoms with Gasteiger partial charge in [0.15, 0.2) is 5.82 Å². The van der Waals surface area contributed by atoms with E-state index in [0.717, 1.165) is 16.3 Å². The lowest BCUT2D eigenvalue weighted by atomic mass is 10.2. The topological polar surface area (TPSA) is 74.5 Å². The van der Waals surface area contributed by atoms with Gasteiger partial charge in [-0.1, -0.05) is 30.0 Å². The Labute approximate surface area is 146 Å². The molecule has 0 unspecified atom stereocenters. The molecule has 6 nitrogen and oxygen atoms in total. The third-order valence-electron chi connectivity index (χ3n) is 3.48. The zero-order valence-electron chi connectivity index (χ0n) is 12.6. The van der Waals surface area contributed by atoms with Crippen LogP contribution in [0.1, 0.15) is 5.56 Å². The highest BCUT2D eigenvalue weighted by atomic mass is 32.2. The quantitative estimate of drug-likeness (QED) is 0.440. The zero-order valence-corrected chi connectivity index (χ0v) is 14.2. The van der Waals surface area contributed by atoms with E-state index in [-0.39, 0.29) is 0 Å². The Hall–Kier alpha value is -2.58. The molecule has 0 aliphatic rings. The van der Waals surface area contributed by atoms with Gasteiger partial charge in [-0.3, -0.25) is 0 Å². The maximum atomic E-state index is 6.11. The molecule has 2 N–H and O–H groups in total. The van der Waals surface area contributed by atoms with Gasteiger partial charge in [-0.05, 0) is 35.2 Å². The SMILES string of the molecule is Nn1c(SCc2ccc(-n3cccn3)cc2)nnc1-c1cccs1. The Morgan fingerprint density at radius 1 is 1.08 bits per heavy atom. The van der Waals surface area contributed by atoms with Crippen LogP contribution in [0.15, 0.2) is 65.4 Å². The summed E-state index contributed by atoms with van der Waals surface area (Å²) in [6.07, 6.45) is 3.69. The first-order valence-electron chi connectivity index (χ1n) is 7.27. The van der Waals surface area contributed by atoms with E-state index in [1.54, 1.807) is 34.0 Å². The predicted octanol–water partition coefficient (Wildman–Crippen LogP) is 3.20. The van der Waals surface area contributed by atoms with Crippen LogP contribution in [-0.4, -0.2) is 24.7 Å². The molecular weight excluding hydrogens is 340 g/mol. The van der Waals surface area contributed by atoms with Crippen molar-refractivity contribution in [1.29, 1.82) is 0 Å². The van der Waals surface area contributed by atoms with E-state index in [2.05, 4.69) is 27.4 Å². The Bertz CT molecular complexity index is 910. The number of nitrogens with two attached hydrogens (primary N) is 1. The summed E-state index contributed by atoms with van der Waals surface area (Å²) in [6, 6.07) is 14.1. The Morgan fingerprint density at radius 2 is 1.96 bits per heavy atom. The van der Waals surface area contributed by atoms with Crippen LogP contribution in [-0.2, 0) is 5.75 Å². The molecule has 120 valence electrons. The second-order valence-electron chi connectivity index (χ2n) is 5.06. The molecule has 4 aromatic rings. The van der Waals surface area contributed by atoms with Gasteiger partial charge in [-0.25, -0.2) is 9.36 Å². The molecule has 1 aromatic carbocycles. The molecule has 0 fully saturated rings. The van der Waals surface area contributed by atoms with Crippen LogP contribution in [0.25, 0.3) is 16.4 Å². The van der Waals surface area contributed by atoms with Crippen LogP contribution in [0.3, 0.4) is 0 Å². The predicted molar refractivity (Wildman–Crippen MR) is 96.6 cm³/mol. The third kappa shape index (κ3) is 2.93. The van der Waals surface area contributed by atoms with Gasteiger partial charge in [0.25, 0.3) is 0 Å². The van der Waals surface area contributed by atoms with Crippen molar-refractivity contribution in [2.45, 2.75) is 10.9 Å². The molecule has 3 aromatic heterocycles. The van der Waals surface area contributed by atoms with E-state index in [9.17, 15) is 0 Å². The van der Waals surface area contributed by atoms with Crippen molar-refractivity contribution >= 4 is 23.1 Å². The smallest absolute Gasteiger partial charge is 0.210 e. The molecule has 0 saturated carbocycles. The molecule has 0 spiro atoms. The van der Waals surface area contributed by atoms with Gasteiger partial charge in [-0.2, -0.15) is 5.10 Å². The maximum Gasteiger partial charge on any atom is 0.210 e. The van der Waals surface area contributed by atoms with Gasteiger partial charge >= 0.3 is 0 Å². The summed E-state index contributed by atoms with van der Waals surface area (Å²) in [4.78, 5) is 1.01. The largest absolute Gasteiger partial charge is 0.335 e. The van der Waals surface area contributed by atoms with Crippen molar-refractivity contribution in [2.75, 3.05) is 5.84 Å². The maximum absolute atomic E-state index is 6.11. The summed E-state index contributed by atoms with van der Waals surface area (Å²) in [6.45, 7) is 0. The molecule has 0 atom stereocenters. The molecule has 0 bridgehead atoms. The van der Waals surface area contributed by atoms with Gasteiger partial charge in [0.1, 0.15) is 0 Å². The van der Waals surface area contributed by atoms with Gasteiger partial charge in [-0.15, -0.1) is 21.5 Å². The van der Waals surface area contributed by atoms with Crippen LogP contribution in [0.5, 0.6) is 0 Å². The molecule has 0 aliphatic heterocycles. The normalized spacial score (nSPS) is 11.0. The number of thioether (sulfide) groups is 1. The van der Waals surface area contributed by atoms with Crippen molar-refractivity contribution in [1.82, 2.24) is 24.7 Å². The first-order chi connectivity index (χ1) is 11.8. The van der Waals surface area contributed by atoms with Crippen molar-refractivity contribution in [2.24, 2.45) is 0 Å². The molecule has 0 saturated heterocycles. The molecule has 0 aliphatic carbocycles. The molecule has 0 radical (unpaired) electrons. The number of thiophene rings is 1. The average molecular weight is 354 g/mol. The van der Waals surface area contributed by atoms with E-state index in [0.29, 0.717) is 11.0 Å². The molecule has 3 heterocycles. The molecular formula is C16H14N6S2. The first kappa shape index (κ1) is 15.0. The number of rotatable bonds is 5. The molecule has 24 heavy (non-hydrogen) atoms. The van der Waals surface area contributed by atoms with Gasteiger partial charge in [0.2, 0.25) is 5.16 Å². The van der Waals surface area contributed by atoms with E-state index in [1.807, 2.05) is 46.6 Å². The number of aromatic nitrogens is 5. The van der Waals surface area contributed by atoms with Gasteiger partial charge in [0, 0.05) is 18.1 Å². The summed E-state index contributed by atoms with van der Waals surface area (Å²) >= 11 is 3.17. The minimum Gasteiger partial charge on any atom is -0.335 e. The fraction of sp³-hybridized carbons (Fsp3) is 0.0625. The van der Waals surface area contributed by atoms with Gasteiger partial charge in [0.05, 0.1) is 10.6 Å². The highest BCUT2D eigenvalue weighted by molar-refractivity contribution is 7.98. The lowest BCUT2D eigenvalue weighted by Gasteiger charge is -2.05. The average Bonchev–Trinajstić information content (AvgIpc) is 3.36. The summed E-state index contributed by atoms with van der Waals surface area (Å²) in [5.41, 5.74) is 2.23. The number of nitrogens with zero attached hydrogens (tertiary/aromatic N) is 5. The Kier molecular flexibility index (Phi) is 4.06. The summed E-state index contributed by atoms with van der Waals surface area (Å²) in [5, 5.41) is 15.3. The van der Waals surface area contributed by atoms with Crippen molar-refractivity contribution < 1.29 is 0 Å². The highest BCUT2D eigenvalue weighted by Crippen LogP contribution is 2.27. The molecule has 4 rings (SSSR count). The number of hydrogen-bond acceptors (Lipinski definition) is 6. The Morgan fingerprint density at radius 3 is 2.67 bits per heavy atom. The first-order valence-corrected chi connectivity index (χ1v) is 9.14. The second-order valence-corrected chi connectivity index (χ2v) is 6.95. The second kappa shape index (κ2) is 6.50. The van der Waals surface area contributed by atoms with Crippen molar-refractivity contribution in [3.05, 3.63) is 65.8 Å². The highest BCUT2D eigenvalue weighted by Gasteiger charge is 2.12. The van der Waals surface area contributed by atoms with Crippen LogP contribution in [0.2, 0.25) is 0 Å². The van der Waals surface area contributed by atoms with Crippen molar-refractivity contribution in [3.63, 3.8) is 0 Å². The zero-order chi connectivity index (χ0) is 16.4. The van der Waals surface area contributed by atoms with E-state index in [1.165, 1.54) is 5.56 Å². The summed E-state index contributed by atoms with van der Waals surface area (Å²) < 4.78 is 3.38. The van der Waals surface area contributed by atoms with Crippen molar-refractivity contribution in [3.8, 4) is 16.4 Å². The van der Waals surface area contributed by atoms with Gasteiger partial charge < -0.3 is 5.84 Å². The fourth-order valence-corrected chi connectivity index (χ4v) is 3.78. The summed E-state index contributed by atoms with van der Waals surface area (Å²) in [5.74, 6) is 7.59. The minimum atomic E-state index is 0.696. The third-order valence-corrected chi connectivity index (χ3v) is 5.36. The minimum absolute atomic E-state index is 0.696. The Balaban J connectivity index is 1.46. The fourth-order valence-electron chi connectivity index (χ4n) is 2.26. The monoisotopic (exact) mass is 354 g/mol. The van der Waals surface area contributed by atoms with Crippen LogP contribution in [0, 0.1) is 0 Å². The standard InChI is InChI=1S/C16H14N6S2/c17-22-15(14-3-1-10-23-14)19-20-16(22)24-11-12-4-6-13(7-5-12)21-9-2-8-18-21/h1-10H,11,17H2. The van der Waals surface area contributed by atoms with Crippen LogP contribution >= 0.6 is 23.1 Å². The number of nitrogen functional groups attached to an aromatic ring is 1. The lowest BCUT2D eigenvalue weighted by Crippen LogP contribution is -2.11.